The Labute approximate surface area is 157 Å². The lowest BCUT2D eigenvalue weighted by atomic mass is 10.1. The largest absolute Gasteiger partial charge is 0.416 e. The van der Waals surface area contributed by atoms with Crippen molar-refractivity contribution in [2.24, 2.45) is 0 Å². The summed E-state index contributed by atoms with van der Waals surface area (Å²) < 4.78 is 40.5. The van der Waals surface area contributed by atoms with Crippen LogP contribution in [0.25, 0.3) is 28.5 Å². The van der Waals surface area contributed by atoms with Crippen LogP contribution in [0, 0.1) is 0 Å². The van der Waals surface area contributed by atoms with Crippen molar-refractivity contribution in [3.63, 3.8) is 0 Å². The minimum atomic E-state index is -4.39. The summed E-state index contributed by atoms with van der Waals surface area (Å²) in [5.41, 5.74) is 2.19. The number of halogens is 3. The molecule has 3 heterocycles. The molecule has 0 fully saturated rings. The molecular formula is C20H12F3N5. The number of benzene rings is 2. The third kappa shape index (κ3) is 2.53. The smallest absolute Gasteiger partial charge is 0.338 e. The van der Waals surface area contributed by atoms with Gasteiger partial charge >= 0.3 is 6.18 Å². The van der Waals surface area contributed by atoms with Crippen molar-refractivity contribution in [3.05, 3.63) is 72.4 Å². The first-order valence-electron chi connectivity index (χ1n) is 8.47. The highest BCUT2D eigenvalue weighted by atomic mass is 19.4. The van der Waals surface area contributed by atoms with Gasteiger partial charge in [-0.3, -0.25) is 4.57 Å². The molecule has 0 unspecified atom stereocenters. The van der Waals surface area contributed by atoms with Gasteiger partial charge < -0.3 is 5.32 Å². The van der Waals surface area contributed by atoms with Crippen molar-refractivity contribution in [2.45, 2.75) is 6.18 Å². The monoisotopic (exact) mass is 379 g/mol. The number of para-hydroxylation sites is 1. The zero-order valence-corrected chi connectivity index (χ0v) is 14.3. The second kappa shape index (κ2) is 5.91. The van der Waals surface area contributed by atoms with Crippen molar-refractivity contribution in [3.8, 4) is 28.5 Å². The maximum Gasteiger partial charge on any atom is 0.416 e. The fraction of sp³-hybridized carbons (Fsp3) is 0.0500. The van der Waals surface area contributed by atoms with E-state index in [4.69, 9.17) is 0 Å². The standard InChI is InChI=1S/C20H12F3N5/c21-20(22,23)13-9-7-12(8-10-13)18-26-27-19-14-4-1-2-5-15(14)25-17-16(28(18)19)6-3-11-24-17/h1-11H,(H,24,25). The third-order valence-electron chi connectivity index (χ3n) is 4.58. The molecule has 4 aromatic rings. The Hall–Kier alpha value is -3.68. The van der Waals surface area contributed by atoms with Crippen molar-refractivity contribution in [1.82, 2.24) is 19.7 Å². The SMILES string of the molecule is FC(F)(F)c1ccc(-c2nnc3n2-c2cccnc2Nc2ccccc2-3)cc1. The minimum absolute atomic E-state index is 0.441. The lowest BCUT2D eigenvalue weighted by Gasteiger charge is -2.11. The second-order valence-electron chi connectivity index (χ2n) is 6.30. The van der Waals surface area contributed by atoms with E-state index in [-0.39, 0.29) is 0 Å². The predicted octanol–water partition coefficient (Wildman–Crippen LogP) is 5.07. The summed E-state index contributed by atoms with van der Waals surface area (Å²) in [4.78, 5) is 4.40. The molecule has 2 aromatic heterocycles. The summed E-state index contributed by atoms with van der Waals surface area (Å²) >= 11 is 0. The average molecular weight is 379 g/mol. The quantitative estimate of drug-likeness (QED) is 0.442. The Bertz CT molecular complexity index is 1180. The van der Waals surface area contributed by atoms with Crippen LogP contribution in [0.3, 0.4) is 0 Å². The lowest BCUT2D eigenvalue weighted by Crippen LogP contribution is -2.05. The van der Waals surface area contributed by atoms with Crippen molar-refractivity contribution < 1.29 is 13.2 Å². The first kappa shape index (κ1) is 16.5. The topological polar surface area (TPSA) is 55.6 Å². The fourth-order valence-corrected chi connectivity index (χ4v) is 3.27. The molecule has 0 saturated heterocycles. The molecule has 0 amide bonds. The molecule has 5 nitrogen and oxygen atoms in total. The van der Waals surface area contributed by atoms with Crippen molar-refractivity contribution in [2.75, 3.05) is 5.32 Å². The third-order valence-corrected chi connectivity index (χ3v) is 4.58. The van der Waals surface area contributed by atoms with E-state index in [0.717, 1.165) is 23.4 Å². The summed E-state index contributed by atoms with van der Waals surface area (Å²) in [5.74, 6) is 1.64. The molecular weight excluding hydrogens is 367 g/mol. The molecule has 5 rings (SSSR count). The summed E-state index contributed by atoms with van der Waals surface area (Å²) in [5, 5.41) is 11.9. The molecule has 0 atom stereocenters. The number of hydrogen-bond donors (Lipinski definition) is 1. The summed E-state index contributed by atoms with van der Waals surface area (Å²) in [6, 6.07) is 16.2. The molecule has 0 bridgehead atoms. The van der Waals surface area contributed by atoms with Crippen molar-refractivity contribution >= 4 is 11.5 Å². The molecule has 1 aliphatic rings. The Morgan fingerprint density at radius 2 is 1.57 bits per heavy atom. The van der Waals surface area contributed by atoms with Crippen LogP contribution in [-0.4, -0.2) is 19.7 Å². The van der Waals surface area contributed by atoms with E-state index in [0.29, 0.717) is 28.7 Å². The van der Waals surface area contributed by atoms with Gasteiger partial charge in [0.2, 0.25) is 0 Å². The van der Waals surface area contributed by atoms with E-state index < -0.39 is 11.7 Å². The molecule has 2 aromatic carbocycles. The molecule has 1 aliphatic heterocycles. The zero-order valence-electron chi connectivity index (χ0n) is 14.3. The van der Waals surface area contributed by atoms with Crippen LogP contribution < -0.4 is 5.32 Å². The summed E-state index contributed by atoms with van der Waals surface area (Å²) in [6.45, 7) is 0. The van der Waals surface area contributed by atoms with Gasteiger partial charge in [0, 0.05) is 17.3 Å². The van der Waals surface area contributed by atoms with Crippen LogP contribution >= 0.6 is 0 Å². The van der Waals surface area contributed by atoms with Gasteiger partial charge in [-0.1, -0.05) is 24.3 Å². The minimum Gasteiger partial charge on any atom is -0.338 e. The first-order valence-corrected chi connectivity index (χ1v) is 8.47. The number of nitrogens with one attached hydrogen (secondary N) is 1. The molecule has 28 heavy (non-hydrogen) atoms. The van der Waals surface area contributed by atoms with Gasteiger partial charge in [0.05, 0.1) is 16.9 Å². The summed E-state index contributed by atoms with van der Waals surface area (Å²) in [6.07, 6.45) is -2.72. The molecule has 1 N–H and O–H groups in total. The van der Waals surface area contributed by atoms with Crippen molar-refractivity contribution in [1.29, 1.82) is 0 Å². The van der Waals surface area contributed by atoms with Gasteiger partial charge in [-0.25, -0.2) is 4.98 Å². The molecule has 0 aliphatic carbocycles. The maximum atomic E-state index is 12.9. The Morgan fingerprint density at radius 3 is 2.36 bits per heavy atom. The van der Waals surface area contributed by atoms with Gasteiger partial charge in [0.25, 0.3) is 0 Å². The number of pyridine rings is 1. The van der Waals surface area contributed by atoms with E-state index in [1.54, 1.807) is 12.3 Å². The van der Waals surface area contributed by atoms with Gasteiger partial charge in [-0.05, 0) is 36.4 Å². The summed E-state index contributed by atoms with van der Waals surface area (Å²) in [7, 11) is 0. The van der Waals surface area contributed by atoms with Crippen LogP contribution in [0.2, 0.25) is 0 Å². The maximum absolute atomic E-state index is 12.9. The highest BCUT2D eigenvalue weighted by Gasteiger charge is 2.30. The number of rotatable bonds is 1. The van der Waals surface area contributed by atoms with E-state index in [2.05, 4.69) is 20.5 Å². The predicted molar refractivity (Wildman–Crippen MR) is 98.3 cm³/mol. The van der Waals surface area contributed by atoms with Gasteiger partial charge in [-0.15, -0.1) is 10.2 Å². The average Bonchev–Trinajstić information content (AvgIpc) is 3.07. The van der Waals surface area contributed by atoms with Gasteiger partial charge in [0.15, 0.2) is 17.5 Å². The molecule has 8 heteroatoms. The van der Waals surface area contributed by atoms with Crippen LogP contribution in [0.1, 0.15) is 5.56 Å². The van der Waals surface area contributed by atoms with Crippen LogP contribution in [-0.2, 0) is 6.18 Å². The Kier molecular flexibility index (Phi) is 3.48. The van der Waals surface area contributed by atoms with E-state index in [9.17, 15) is 13.2 Å². The molecule has 0 radical (unpaired) electrons. The second-order valence-corrected chi connectivity index (χ2v) is 6.30. The zero-order chi connectivity index (χ0) is 19.3. The number of nitrogens with zero attached hydrogens (tertiary/aromatic N) is 4. The van der Waals surface area contributed by atoms with E-state index in [1.165, 1.54) is 12.1 Å². The van der Waals surface area contributed by atoms with E-state index in [1.807, 2.05) is 34.9 Å². The van der Waals surface area contributed by atoms with Gasteiger partial charge in [-0.2, -0.15) is 13.2 Å². The molecule has 0 spiro atoms. The molecule has 138 valence electrons. The number of alkyl halides is 3. The Balaban J connectivity index is 1.75. The number of aromatic nitrogens is 4. The number of anilines is 2. The highest BCUT2D eigenvalue weighted by Crippen LogP contribution is 2.39. The van der Waals surface area contributed by atoms with Gasteiger partial charge in [0.1, 0.15) is 0 Å². The van der Waals surface area contributed by atoms with Crippen LogP contribution in [0.5, 0.6) is 0 Å². The molecule has 0 saturated carbocycles. The lowest BCUT2D eigenvalue weighted by molar-refractivity contribution is -0.137. The first-order chi connectivity index (χ1) is 13.5. The normalized spacial score (nSPS) is 12.4. The number of fused-ring (bicyclic) bond motifs is 5. The van der Waals surface area contributed by atoms with Crippen LogP contribution in [0.4, 0.5) is 24.7 Å². The highest BCUT2D eigenvalue weighted by molar-refractivity contribution is 5.84. The Morgan fingerprint density at radius 1 is 0.821 bits per heavy atom. The number of hydrogen-bond acceptors (Lipinski definition) is 4. The fourth-order valence-electron chi connectivity index (χ4n) is 3.27. The van der Waals surface area contributed by atoms with Crippen LogP contribution in [0.15, 0.2) is 66.9 Å². The van der Waals surface area contributed by atoms with E-state index >= 15 is 0 Å².